The van der Waals surface area contributed by atoms with Gasteiger partial charge < -0.3 is 4.74 Å². The first kappa shape index (κ1) is 8.05. The molecule has 1 aromatic rings. The quantitative estimate of drug-likeness (QED) is 0.646. The third-order valence-corrected chi connectivity index (χ3v) is 1.63. The highest BCUT2D eigenvalue weighted by Crippen LogP contribution is 2.16. The third-order valence-electron chi connectivity index (χ3n) is 1.63. The average molecular weight is 151 g/mol. The van der Waals surface area contributed by atoms with E-state index in [2.05, 4.69) is 18.8 Å². The van der Waals surface area contributed by atoms with Crippen LogP contribution < -0.4 is 4.74 Å². The van der Waals surface area contributed by atoms with Gasteiger partial charge in [0, 0.05) is 12.3 Å². The molecule has 1 rings (SSSR count). The summed E-state index contributed by atoms with van der Waals surface area (Å²) < 4.78 is 4.99. The second kappa shape index (κ2) is 3.37. The Kier molecular flexibility index (Phi) is 2.47. The van der Waals surface area contributed by atoms with E-state index in [0.717, 1.165) is 0 Å². The highest BCUT2D eigenvalue weighted by molar-refractivity contribution is 5.22. The van der Waals surface area contributed by atoms with Gasteiger partial charge in [-0.2, -0.15) is 0 Å². The van der Waals surface area contributed by atoms with Crippen molar-refractivity contribution in [3.05, 3.63) is 23.9 Å². The van der Waals surface area contributed by atoms with Crippen LogP contribution >= 0.6 is 0 Å². The fourth-order valence-electron chi connectivity index (χ4n) is 0.896. The number of rotatable bonds is 2. The van der Waals surface area contributed by atoms with Crippen molar-refractivity contribution in [3.63, 3.8) is 0 Å². The lowest BCUT2D eigenvalue weighted by Crippen LogP contribution is -1.91. The highest BCUT2D eigenvalue weighted by Gasteiger charge is 1.99. The Morgan fingerprint density at radius 1 is 1.45 bits per heavy atom. The molecule has 1 heterocycles. The topological polar surface area (TPSA) is 22.1 Å². The molecule has 0 unspecified atom stereocenters. The van der Waals surface area contributed by atoms with E-state index < -0.39 is 0 Å². The Labute approximate surface area is 67.2 Å². The molecule has 60 valence electrons. The molecule has 0 amide bonds. The lowest BCUT2D eigenvalue weighted by atomic mass is 10.1. The minimum absolute atomic E-state index is 0.534. The third kappa shape index (κ3) is 1.93. The second-order valence-electron chi connectivity index (χ2n) is 2.79. The molecular weight excluding hydrogens is 138 g/mol. The van der Waals surface area contributed by atoms with Crippen molar-refractivity contribution in [2.24, 2.45) is 0 Å². The van der Waals surface area contributed by atoms with Gasteiger partial charge in [-0.3, -0.25) is 0 Å². The molecule has 0 atom stereocenters. The second-order valence-corrected chi connectivity index (χ2v) is 2.79. The van der Waals surface area contributed by atoms with Gasteiger partial charge in [0.15, 0.2) is 0 Å². The van der Waals surface area contributed by atoms with Crippen molar-refractivity contribution in [1.82, 2.24) is 4.98 Å². The van der Waals surface area contributed by atoms with Crippen LogP contribution in [0.2, 0.25) is 0 Å². The Hall–Kier alpha value is -1.05. The van der Waals surface area contributed by atoms with Crippen molar-refractivity contribution in [2.45, 2.75) is 19.8 Å². The van der Waals surface area contributed by atoms with Gasteiger partial charge >= 0.3 is 0 Å². The van der Waals surface area contributed by atoms with Crippen LogP contribution in [0.4, 0.5) is 0 Å². The summed E-state index contributed by atoms with van der Waals surface area (Å²) in [5.74, 6) is 1.23. The van der Waals surface area contributed by atoms with Gasteiger partial charge in [0.1, 0.15) is 0 Å². The molecule has 11 heavy (non-hydrogen) atoms. The summed E-state index contributed by atoms with van der Waals surface area (Å²) in [6.07, 6.45) is 1.77. The minimum Gasteiger partial charge on any atom is -0.481 e. The van der Waals surface area contributed by atoms with E-state index in [1.165, 1.54) is 5.56 Å². The Balaban J connectivity index is 2.91. The van der Waals surface area contributed by atoms with Crippen LogP contribution in [0.25, 0.3) is 0 Å². The smallest absolute Gasteiger partial charge is 0.213 e. The molecular formula is C9H13NO. The van der Waals surface area contributed by atoms with E-state index in [0.29, 0.717) is 11.8 Å². The standard InChI is InChI=1S/C9H13NO/c1-7(2)8-4-5-10-9(6-8)11-3/h4-7H,1-3H3. The largest absolute Gasteiger partial charge is 0.481 e. The SMILES string of the molecule is COc1cc(C(C)C)ccn1. The van der Waals surface area contributed by atoms with Crippen LogP contribution in [-0.4, -0.2) is 12.1 Å². The summed E-state index contributed by atoms with van der Waals surface area (Å²) >= 11 is 0. The number of hydrogen-bond donors (Lipinski definition) is 0. The predicted octanol–water partition coefficient (Wildman–Crippen LogP) is 2.21. The zero-order valence-corrected chi connectivity index (χ0v) is 7.16. The van der Waals surface area contributed by atoms with Crippen molar-refractivity contribution in [3.8, 4) is 5.88 Å². The van der Waals surface area contributed by atoms with Gasteiger partial charge in [0.25, 0.3) is 0 Å². The maximum atomic E-state index is 4.99. The Bertz CT molecular complexity index is 233. The molecule has 1 aromatic heterocycles. The van der Waals surface area contributed by atoms with Crippen LogP contribution in [0.15, 0.2) is 18.3 Å². The monoisotopic (exact) mass is 151 g/mol. The van der Waals surface area contributed by atoms with Gasteiger partial charge in [-0.25, -0.2) is 4.98 Å². The first-order chi connectivity index (χ1) is 5.24. The summed E-state index contributed by atoms with van der Waals surface area (Å²) in [7, 11) is 1.63. The summed E-state index contributed by atoms with van der Waals surface area (Å²) in [4.78, 5) is 4.02. The molecule has 0 N–H and O–H groups in total. The number of pyridine rings is 1. The van der Waals surface area contributed by atoms with E-state index >= 15 is 0 Å². The number of methoxy groups -OCH3 is 1. The van der Waals surface area contributed by atoms with Gasteiger partial charge in [-0.1, -0.05) is 13.8 Å². The maximum Gasteiger partial charge on any atom is 0.213 e. The van der Waals surface area contributed by atoms with Crippen LogP contribution in [0, 0.1) is 0 Å². The lowest BCUT2D eigenvalue weighted by molar-refractivity contribution is 0.397. The van der Waals surface area contributed by atoms with Gasteiger partial charge in [0.05, 0.1) is 7.11 Å². The molecule has 0 fully saturated rings. The van der Waals surface area contributed by atoms with Crippen molar-refractivity contribution in [1.29, 1.82) is 0 Å². The Morgan fingerprint density at radius 3 is 2.73 bits per heavy atom. The zero-order chi connectivity index (χ0) is 8.27. The van der Waals surface area contributed by atoms with E-state index in [-0.39, 0.29) is 0 Å². The first-order valence-electron chi connectivity index (χ1n) is 3.74. The van der Waals surface area contributed by atoms with Crippen LogP contribution in [0.1, 0.15) is 25.3 Å². The fraction of sp³-hybridized carbons (Fsp3) is 0.444. The highest BCUT2D eigenvalue weighted by atomic mass is 16.5. The Morgan fingerprint density at radius 2 is 2.18 bits per heavy atom. The van der Waals surface area contributed by atoms with Crippen molar-refractivity contribution >= 4 is 0 Å². The first-order valence-corrected chi connectivity index (χ1v) is 3.74. The molecule has 0 saturated carbocycles. The maximum absolute atomic E-state index is 4.99. The van der Waals surface area contributed by atoms with Crippen molar-refractivity contribution < 1.29 is 4.74 Å². The normalized spacial score (nSPS) is 10.2. The summed E-state index contributed by atoms with van der Waals surface area (Å²) in [6.45, 7) is 4.30. The molecule has 0 bridgehead atoms. The number of nitrogens with zero attached hydrogens (tertiary/aromatic N) is 1. The zero-order valence-electron chi connectivity index (χ0n) is 7.16. The molecule has 2 heteroatoms. The number of ether oxygens (including phenoxy) is 1. The van der Waals surface area contributed by atoms with E-state index in [1.54, 1.807) is 13.3 Å². The van der Waals surface area contributed by atoms with Gasteiger partial charge in [-0.15, -0.1) is 0 Å². The fourth-order valence-corrected chi connectivity index (χ4v) is 0.896. The molecule has 0 radical (unpaired) electrons. The molecule has 0 aliphatic heterocycles. The molecule has 0 aliphatic rings. The molecule has 2 nitrogen and oxygen atoms in total. The summed E-state index contributed by atoms with van der Waals surface area (Å²) in [6, 6.07) is 3.97. The van der Waals surface area contributed by atoms with Crippen LogP contribution in [-0.2, 0) is 0 Å². The van der Waals surface area contributed by atoms with Crippen LogP contribution in [0.5, 0.6) is 5.88 Å². The van der Waals surface area contributed by atoms with E-state index in [9.17, 15) is 0 Å². The van der Waals surface area contributed by atoms with Gasteiger partial charge in [-0.05, 0) is 17.5 Å². The van der Waals surface area contributed by atoms with E-state index in [4.69, 9.17) is 4.74 Å². The summed E-state index contributed by atoms with van der Waals surface area (Å²) in [5, 5.41) is 0. The molecule has 0 aliphatic carbocycles. The summed E-state index contributed by atoms with van der Waals surface area (Å²) in [5.41, 5.74) is 1.26. The van der Waals surface area contributed by atoms with Crippen LogP contribution in [0.3, 0.4) is 0 Å². The lowest BCUT2D eigenvalue weighted by Gasteiger charge is -2.05. The van der Waals surface area contributed by atoms with E-state index in [1.807, 2.05) is 12.1 Å². The van der Waals surface area contributed by atoms with Gasteiger partial charge in [0.2, 0.25) is 5.88 Å². The average Bonchev–Trinajstić information content (AvgIpc) is 2.05. The van der Waals surface area contributed by atoms with Crippen molar-refractivity contribution in [2.75, 3.05) is 7.11 Å². The predicted molar refractivity (Wildman–Crippen MR) is 44.9 cm³/mol. The number of hydrogen-bond acceptors (Lipinski definition) is 2. The molecule has 0 spiro atoms. The minimum atomic E-state index is 0.534. The molecule has 0 saturated heterocycles. The molecule has 0 aromatic carbocycles. The number of aromatic nitrogens is 1.